The van der Waals surface area contributed by atoms with E-state index in [9.17, 15) is 9.59 Å². The van der Waals surface area contributed by atoms with Crippen LogP contribution in [0, 0.1) is 6.92 Å². The predicted molar refractivity (Wildman–Crippen MR) is 126 cm³/mol. The molecule has 0 bridgehead atoms. The van der Waals surface area contributed by atoms with Gasteiger partial charge in [-0.15, -0.1) is 0 Å². The van der Waals surface area contributed by atoms with Crippen LogP contribution in [0.4, 0.5) is 5.69 Å². The van der Waals surface area contributed by atoms with E-state index >= 15 is 0 Å². The molecule has 4 rings (SSSR count). The van der Waals surface area contributed by atoms with Crippen LogP contribution in [0.1, 0.15) is 45.7 Å². The van der Waals surface area contributed by atoms with Gasteiger partial charge in [-0.3, -0.25) is 14.6 Å². The number of rotatable bonds is 4. The van der Waals surface area contributed by atoms with Crippen LogP contribution in [-0.2, 0) is 0 Å². The third-order valence-corrected chi connectivity index (χ3v) is 5.99. The molecule has 6 heteroatoms. The summed E-state index contributed by atoms with van der Waals surface area (Å²) in [7, 11) is 0. The molecule has 2 aromatic carbocycles. The van der Waals surface area contributed by atoms with Crippen LogP contribution in [-0.4, -0.2) is 34.8 Å². The normalized spacial score (nSPS) is 13.7. The number of pyridine rings is 1. The maximum Gasteiger partial charge on any atom is 0.257 e. The second-order valence-electron chi connectivity index (χ2n) is 7.69. The van der Waals surface area contributed by atoms with Crippen molar-refractivity contribution in [1.29, 1.82) is 0 Å². The molecule has 0 atom stereocenters. The summed E-state index contributed by atoms with van der Waals surface area (Å²) in [6, 6.07) is 18.7. The Morgan fingerprint density at radius 3 is 2.45 bits per heavy atom. The third-order valence-electron chi connectivity index (χ3n) is 5.50. The van der Waals surface area contributed by atoms with Crippen LogP contribution in [0.2, 0.25) is 0 Å². The van der Waals surface area contributed by atoms with Gasteiger partial charge in [0.25, 0.3) is 11.8 Å². The molecule has 1 saturated heterocycles. The monoisotopic (exact) mass is 477 g/mol. The number of nitrogens with one attached hydrogen (secondary N) is 1. The lowest BCUT2D eigenvalue weighted by molar-refractivity contribution is 0.0725. The van der Waals surface area contributed by atoms with Crippen molar-refractivity contribution in [3.8, 4) is 11.3 Å². The summed E-state index contributed by atoms with van der Waals surface area (Å²) in [5.41, 5.74) is 3.94. The van der Waals surface area contributed by atoms with Crippen molar-refractivity contribution >= 4 is 33.4 Å². The number of hydrogen-bond donors (Lipinski definition) is 1. The smallest absolute Gasteiger partial charge is 0.257 e. The fraction of sp³-hybridized carbons (Fsp3) is 0.240. The van der Waals surface area contributed by atoms with Crippen molar-refractivity contribution in [2.75, 3.05) is 18.4 Å². The highest BCUT2D eigenvalue weighted by atomic mass is 79.9. The minimum Gasteiger partial charge on any atom is -0.339 e. The standard InChI is InChI=1S/C25H24BrN3O2/c1-17-20(12-13-22(27-17)18-8-7-9-19(26)16-18)24(30)28-23-11-4-3-10-21(23)25(31)29-14-5-2-6-15-29/h3-4,7-13,16H,2,5-6,14-15H2,1H3,(H,28,30). The number of anilines is 1. The summed E-state index contributed by atoms with van der Waals surface area (Å²) >= 11 is 3.48. The highest BCUT2D eigenvalue weighted by Crippen LogP contribution is 2.24. The van der Waals surface area contributed by atoms with Crippen molar-refractivity contribution in [2.24, 2.45) is 0 Å². The lowest BCUT2D eigenvalue weighted by atomic mass is 10.1. The molecule has 5 nitrogen and oxygen atoms in total. The molecule has 31 heavy (non-hydrogen) atoms. The molecule has 0 spiro atoms. The molecule has 0 aliphatic carbocycles. The molecule has 2 amide bonds. The van der Waals surface area contributed by atoms with E-state index in [1.807, 2.05) is 54.3 Å². The number of amides is 2. The van der Waals surface area contributed by atoms with E-state index in [0.717, 1.165) is 48.1 Å². The Balaban J connectivity index is 1.55. The van der Waals surface area contributed by atoms with Crippen molar-refractivity contribution in [2.45, 2.75) is 26.2 Å². The average Bonchev–Trinajstić information content (AvgIpc) is 2.79. The average molecular weight is 478 g/mol. The van der Waals surface area contributed by atoms with Gasteiger partial charge in [-0.05, 0) is 62.6 Å². The van der Waals surface area contributed by atoms with Gasteiger partial charge in [-0.1, -0.05) is 40.2 Å². The van der Waals surface area contributed by atoms with Gasteiger partial charge in [0.1, 0.15) is 0 Å². The quantitative estimate of drug-likeness (QED) is 0.524. The Morgan fingerprint density at radius 1 is 0.935 bits per heavy atom. The minimum absolute atomic E-state index is 0.0320. The SMILES string of the molecule is Cc1nc(-c2cccc(Br)c2)ccc1C(=O)Nc1ccccc1C(=O)N1CCCCC1. The van der Waals surface area contributed by atoms with Crippen LogP contribution in [0.15, 0.2) is 65.1 Å². The Labute approximate surface area is 190 Å². The van der Waals surface area contributed by atoms with Crippen LogP contribution < -0.4 is 5.32 Å². The number of aryl methyl sites for hydroxylation is 1. The van der Waals surface area contributed by atoms with Gasteiger partial charge < -0.3 is 10.2 Å². The van der Waals surface area contributed by atoms with E-state index in [0.29, 0.717) is 22.5 Å². The van der Waals surface area contributed by atoms with Crippen LogP contribution in [0.5, 0.6) is 0 Å². The van der Waals surface area contributed by atoms with E-state index < -0.39 is 0 Å². The fourth-order valence-electron chi connectivity index (χ4n) is 3.85. The minimum atomic E-state index is -0.273. The van der Waals surface area contributed by atoms with E-state index in [1.54, 1.807) is 18.2 Å². The molecular formula is C25H24BrN3O2. The topological polar surface area (TPSA) is 62.3 Å². The summed E-state index contributed by atoms with van der Waals surface area (Å²) < 4.78 is 0.973. The second kappa shape index (κ2) is 9.43. The van der Waals surface area contributed by atoms with Gasteiger partial charge in [0.15, 0.2) is 0 Å². The zero-order valence-corrected chi connectivity index (χ0v) is 19.0. The van der Waals surface area contributed by atoms with Crippen LogP contribution >= 0.6 is 15.9 Å². The predicted octanol–water partition coefficient (Wildman–Crippen LogP) is 5.70. The molecule has 0 radical (unpaired) electrons. The van der Waals surface area contributed by atoms with Gasteiger partial charge in [0.05, 0.1) is 28.2 Å². The number of carbonyl (C=O) groups is 2. The number of piperidine rings is 1. The molecule has 2 heterocycles. The number of aromatic nitrogens is 1. The van der Waals surface area contributed by atoms with Crippen LogP contribution in [0.25, 0.3) is 11.3 Å². The maximum atomic E-state index is 13.0. The number of halogens is 1. The first-order chi connectivity index (χ1) is 15.0. The van der Waals surface area contributed by atoms with Crippen LogP contribution in [0.3, 0.4) is 0 Å². The molecule has 0 saturated carbocycles. The maximum absolute atomic E-state index is 13.0. The molecule has 1 N–H and O–H groups in total. The largest absolute Gasteiger partial charge is 0.339 e. The van der Waals surface area contributed by atoms with Crippen molar-refractivity contribution < 1.29 is 9.59 Å². The molecule has 1 fully saturated rings. The lowest BCUT2D eigenvalue weighted by Crippen LogP contribution is -2.36. The number of benzene rings is 2. The van der Waals surface area contributed by atoms with Gasteiger partial charge in [-0.25, -0.2) is 0 Å². The molecule has 1 aromatic heterocycles. The van der Waals surface area contributed by atoms with Crippen molar-refractivity contribution in [3.63, 3.8) is 0 Å². The Kier molecular flexibility index (Phi) is 6.47. The fourth-order valence-corrected chi connectivity index (χ4v) is 4.24. The molecule has 1 aliphatic heterocycles. The molecule has 158 valence electrons. The Hall–Kier alpha value is -2.99. The first-order valence-corrected chi connectivity index (χ1v) is 11.3. The number of nitrogens with zero attached hydrogens (tertiary/aromatic N) is 2. The summed E-state index contributed by atoms with van der Waals surface area (Å²) in [6.45, 7) is 3.35. The summed E-state index contributed by atoms with van der Waals surface area (Å²) in [5.74, 6) is -0.305. The third kappa shape index (κ3) is 4.85. The number of hydrogen-bond acceptors (Lipinski definition) is 3. The summed E-state index contributed by atoms with van der Waals surface area (Å²) in [5, 5.41) is 2.92. The molecule has 0 unspecified atom stereocenters. The Morgan fingerprint density at radius 2 is 1.71 bits per heavy atom. The first kappa shape index (κ1) is 21.2. The Bertz CT molecular complexity index is 1120. The van der Waals surface area contributed by atoms with Crippen molar-refractivity contribution in [3.05, 3.63) is 82.0 Å². The number of carbonyl (C=O) groups excluding carboxylic acids is 2. The van der Waals surface area contributed by atoms with E-state index in [1.165, 1.54) is 0 Å². The summed E-state index contributed by atoms with van der Waals surface area (Å²) in [6.07, 6.45) is 3.20. The van der Waals surface area contributed by atoms with Gasteiger partial charge in [-0.2, -0.15) is 0 Å². The van der Waals surface area contributed by atoms with Gasteiger partial charge in [0, 0.05) is 23.1 Å². The second-order valence-corrected chi connectivity index (χ2v) is 8.61. The molecular weight excluding hydrogens is 454 g/mol. The number of likely N-dealkylation sites (tertiary alicyclic amines) is 1. The lowest BCUT2D eigenvalue weighted by Gasteiger charge is -2.27. The van der Waals surface area contributed by atoms with Gasteiger partial charge >= 0.3 is 0 Å². The van der Waals surface area contributed by atoms with Gasteiger partial charge in [0.2, 0.25) is 0 Å². The zero-order chi connectivity index (χ0) is 21.8. The first-order valence-electron chi connectivity index (χ1n) is 10.5. The van der Waals surface area contributed by atoms with E-state index in [-0.39, 0.29) is 11.8 Å². The zero-order valence-electron chi connectivity index (χ0n) is 17.4. The highest BCUT2D eigenvalue weighted by molar-refractivity contribution is 9.10. The van der Waals surface area contributed by atoms with E-state index in [2.05, 4.69) is 26.2 Å². The highest BCUT2D eigenvalue weighted by Gasteiger charge is 2.22. The van der Waals surface area contributed by atoms with Crippen molar-refractivity contribution in [1.82, 2.24) is 9.88 Å². The summed E-state index contributed by atoms with van der Waals surface area (Å²) in [4.78, 5) is 32.5. The molecule has 3 aromatic rings. The number of para-hydroxylation sites is 1. The van der Waals surface area contributed by atoms with E-state index in [4.69, 9.17) is 0 Å². The molecule has 1 aliphatic rings.